The molecule has 12 rings (SSSR count). The van der Waals surface area contributed by atoms with Crippen LogP contribution in [0, 0.1) is 0 Å². The second kappa shape index (κ2) is 23.4. The minimum absolute atomic E-state index is 0.0932. The number of para-hydroxylation sites is 2. The van der Waals surface area contributed by atoms with E-state index >= 15 is 0 Å². The predicted octanol–water partition coefficient (Wildman–Crippen LogP) is 20.3. The first kappa shape index (κ1) is 49.1. The monoisotopic (exact) mass is 997 g/mol. The van der Waals surface area contributed by atoms with Crippen molar-refractivity contribution < 1.29 is 0 Å². The zero-order chi connectivity index (χ0) is 52.3. The highest BCUT2D eigenvalue weighted by Crippen LogP contribution is 2.38. The summed E-state index contributed by atoms with van der Waals surface area (Å²) in [4.78, 5) is 2.30. The Morgan fingerprint density at radius 2 is 0.577 bits per heavy atom. The lowest BCUT2D eigenvalue weighted by Gasteiger charge is -2.25. The van der Waals surface area contributed by atoms with Gasteiger partial charge in [-0.05, 0) is 138 Å². The quantitative estimate of drug-likeness (QED) is 0.0689. The first-order chi connectivity index (χ1) is 38.7. The van der Waals surface area contributed by atoms with Crippen LogP contribution in [0.1, 0.15) is 61.9 Å². The van der Waals surface area contributed by atoms with Crippen LogP contribution in [0.5, 0.6) is 0 Å². The molecule has 372 valence electrons. The molecule has 78 heavy (non-hydrogen) atoms. The fourth-order valence-electron chi connectivity index (χ4n) is 11.0. The highest BCUT2D eigenvalue weighted by atomic mass is 15.1. The van der Waals surface area contributed by atoms with Crippen LogP contribution < -0.4 is 4.90 Å². The zero-order valence-electron chi connectivity index (χ0n) is 43.6. The van der Waals surface area contributed by atoms with Crippen LogP contribution in [0.2, 0.25) is 0 Å². The minimum atomic E-state index is 0.0932. The largest absolute Gasteiger partial charge is 0.311 e. The lowest BCUT2D eigenvalue weighted by atomic mass is 9.83. The Balaban J connectivity index is 0.761. The molecule has 0 fully saturated rings. The van der Waals surface area contributed by atoms with Gasteiger partial charge in [0.25, 0.3) is 0 Å². The second-order valence-corrected chi connectivity index (χ2v) is 20.0. The molecule has 0 bridgehead atoms. The molecular weight excluding hydrogens is 939 g/mol. The highest BCUT2D eigenvalue weighted by Gasteiger charge is 2.19. The van der Waals surface area contributed by atoms with Gasteiger partial charge in [-0.25, -0.2) is 0 Å². The van der Waals surface area contributed by atoms with Crippen LogP contribution in [0.3, 0.4) is 0 Å². The van der Waals surface area contributed by atoms with Gasteiger partial charge in [-0.2, -0.15) is 0 Å². The molecule has 0 radical (unpaired) electrons. The summed E-state index contributed by atoms with van der Waals surface area (Å²) in [6.45, 7) is 0. The van der Waals surface area contributed by atoms with Gasteiger partial charge in [0, 0.05) is 28.9 Å². The Morgan fingerprint density at radius 3 is 1.04 bits per heavy atom. The van der Waals surface area contributed by atoms with E-state index in [9.17, 15) is 0 Å². The molecule has 1 nitrogen and oxygen atoms in total. The molecule has 0 amide bonds. The molecule has 0 aliphatic heterocycles. The molecule has 0 N–H and O–H groups in total. The molecule has 2 atom stereocenters. The molecule has 0 aliphatic carbocycles. The van der Waals surface area contributed by atoms with Crippen molar-refractivity contribution in [2.24, 2.45) is 0 Å². The Bertz CT molecular complexity index is 3780. The molecule has 12 aromatic rings. The number of rotatable bonds is 16. The van der Waals surface area contributed by atoms with Crippen molar-refractivity contribution in [3.05, 3.63) is 378 Å². The number of anilines is 3. The topological polar surface area (TPSA) is 3.24 Å². The number of hydrogen-bond acceptors (Lipinski definition) is 1. The second-order valence-electron chi connectivity index (χ2n) is 20.0. The van der Waals surface area contributed by atoms with E-state index in [1.54, 1.807) is 0 Å². The maximum Gasteiger partial charge on any atom is 0.0462 e. The lowest BCUT2D eigenvalue weighted by Crippen LogP contribution is -2.09. The van der Waals surface area contributed by atoms with Gasteiger partial charge in [-0.3, -0.25) is 0 Å². The summed E-state index contributed by atoms with van der Waals surface area (Å²) in [6, 6.07) is 119. The highest BCUT2D eigenvalue weighted by molar-refractivity contribution is 5.92. The molecule has 2 unspecified atom stereocenters. The SMILES string of the molecule is C(=C(c1ccccc1)c1ccc(-c2ccc(N(c3ccccc3)c3ccccc3)cc2)cc1)c1ccc(-c2ccc(C(c3ccccc3)c3ccc(-c4ccc(C(Cc5ccccc5)c5ccccc5)cc4)cc3)cc2)cc1. The molecule has 0 aromatic heterocycles. The van der Waals surface area contributed by atoms with Crippen molar-refractivity contribution in [1.82, 2.24) is 0 Å². The average Bonchev–Trinajstić information content (AvgIpc) is 3.52. The van der Waals surface area contributed by atoms with Gasteiger partial charge in [0.1, 0.15) is 0 Å². The zero-order valence-corrected chi connectivity index (χ0v) is 43.6. The van der Waals surface area contributed by atoms with Crippen molar-refractivity contribution in [3.8, 4) is 33.4 Å². The van der Waals surface area contributed by atoms with Crippen molar-refractivity contribution in [3.63, 3.8) is 0 Å². The summed E-state index contributed by atoms with van der Waals surface area (Å²) >= 11 is 0. The van der Waals surface area contributed by atoms with E-state index < -0.39 is 0 Å². The molecule has 0 heterocycles. The van der Waals surface area contributed by atoms with Crippen LogP contribution in [-0.4, -0.2) is 0 Å². The van der Waals surface area contributed by atoms with E-state index in [0.29, 0.717) is 0 Å². The molecule has 0 saturated heterocycles. The molecular formula is C77H59N. The summed E-state index contributed by atoms with van der Waals surface area (Å²) in [5.41, 5.74) is 23.0. The normalized spacial score (nSPS) is 12.1. The third-order valence-electron chi connectivity index (χ3n) is 15.1. The van der Waals surface area contributed by atoms with Crippen molar-refractivity contribution in [2.45, 2.75) is 18.3 Å². The van der Waals surface area contributed by atoms with Crippen molar-refractivity contribution >= 4 is 28.7 Å². The molecule has 0 saturated carbocycles. The van der Waals surface area contributed by atoms with E-state index in [0.717, 1.165) is 29.0 Å². The van der Waals surface area contributed by atoms with Gasteiger partial charge in [-0.15, -0.1) is 0 Å². The summed E-state index contributed by atoms with van der Waals surface area (Å²) in [5.74, 6) is 0.375. The van der Waals surface area contributed by atoms with Gasteiger partial charge in [0.15, 0.2) is 0 Å². The first-order valence-electron chi connectivity index (χ1n) is 27.1. The van der Waals surface area contributed by atoms with Crippen LogP contribution >= 0.6 is 0 Å². The Labute approximate surface area is 460 Å². The standard InChI is InChI=1S/C77H59N/c1-7-19-57(20-8-1)55-75(65-21-9-2-10-22-65)67-43-35-60(36-44-67)63-41-49-71(50-42-63)77(69-25-13-4-14-26-69)70-47-39-62(40-48-70)59-33-31-58(32-34-59)56-76(66-23-11-3-12-24-66)68-45-37-61(38-46-68)64-51-53-74(54-52-64)78(72-27-15-5-16-28-72)73-29-17-6-18-30-73/h1-54,56,75,77H,55H2. The smallest absolute Gasteiger partial charge is 0.0462 e. The molecule has 0 aliphatic rings. The third kappa shape index (κ3) is 11.2. The Hall–Kier alpha value is -9.82. The first-order valence-corrected chi connectivity index (χ1v) is 27.1. The molecule has 12 aromatic carbocycles. The number of benzene rings is 12. The summed E-state index contributed by atoms with van der Waals surface area (Å²) in [5, 5.41) is 0. The third-order valence-corrected chi connectivity index (χ3v) is 15.1. The fourth-order valence-corrected chi connectivity index (χ4v) is 11.0. The van der Waals surface area contributed by atoms with Gasteiger partial charge < -0.3 is 4.90 Å². The van der Waals surface area contributed by atoms with Gasteiger partial charge >= 0.3 is 0 Å². The maximum absolute atomic E-state index is 2.32. The van der Waals surface area contributed by atoms with E-state index in [2.05, 4.69) is 339 Å². The fraction of sp³-hybridized carbons (Fsp3) is 0.0390. The van der Waals surface area contributed by atoms with Gasteiger partial charge in [0.2, 0.25) is 0 Å². The minimum Gasteiger partial charge on any atom is -0.311 e. The lowest BCUT2D eigenvalue weighted by molar-refractivity contribution is 0.805. The molecule has 1 heteroatoms. The Morgan fingerprint density at radius 1 is 0.269 bits per heavy atom. The average molecular weight is 998 g/mol. The van der Waals surface area contributed by atoms with Crippen LogP contribution in [-0.2, 0) is 6.42 Å². The van der Waals surface area contributed by atoms with E-state index in [1.165, 1.54) is 83.5 Å². The van der Waals surface area contributed by atoms with Crippen molar-refractivity contribution in [2.75, 3.05) is 4.90 Å². The van der Waals surface area contributed by atoms with Crippen LogP contribution in [0.4, 0.5) is 17.1 Å². The van der Waals surface area contributed by atoms with Crippen LogP contribution in [0.25, 0.3) is 45.0 Å². The van der Waals surface area contributed by atoms with Gasteiger partial charge in [0.05, 0.1) is 0 Å². The predicted molar refractivity (Wildman–Crippen MR) is 330 cm³/mol. The summed E-state index contributed by atoms with van der Waals surface area (Å²) in [7, 11) is 0. The van der Waals surface area contributed by atoms with Gasteiger partial charge in [-0.1, -0.05) is 291 Å². The molecule has 0 spiro atoms. The summed E-state index contributed by atoms with van der Waals surface area (Å²) in [6.07, 6.45) is 3.27. The van der Waals surface area contributed by atoms with Crippen LogP contribution in [0.15, 0.2) is 328 Å². The summed E-state index contributed by atoms with van der Waals surface area (Å²) < 4.78 is 0. The van der Waals surface area contributed by atoms with Crippen molar-refractivity contribution in [1.29, 1.82) is 0 Å². The number of nitrogens with zero attached hydrogens (tertiary/aromatic N) is 1. The number of hydrogen-bond donors (Lipinski definition) is 0. The van der Waals surface area contributed by atoms with E-state index in [1.807, 2.05) is 0 Å². The van der Waals surface area contributed by atoms with E-state index in [-0.39, 0.29) is 11.8 Å². The van der Waals surface area contributed by atoms with E-state index in [4.69, 9.17) is 0 Å². The maximum atomic E-state index is 2.32. The Kier molecular flexibility index (Phi) is 14.7.